The third-order valence-corrected chi connectivity index (χ3v) is 8.61. The van der Waals surface area contributed by atoms with Crippen LogP contribution in [0.1, 0.15) is 79.0 Å². The first kappa shape index (κ1) is 29.6. The Bertz CT molecular complexity index is 2010. The van der Waals surface area contributed by atoms with Crippen molar-refractivity contribution < 1.29 is 5.11 Å². The van der Waals surface area contributed by atoms with E-state index in [1.165, 1.54) is 11.1 Å². The van der Waals surface area contributed by atoms with Crippen molar-refractivity contribution in [2.24, 2.45) is 0 Å². The normalized spacial score (nSPS) is 12.8. The first-order valence-corrected chi connectivity index (χ1v) is 15.5. The number of hydrogen-bond donors (Lipinski definition) is 1. The number of phenols is 1. The molecule has 0 saturated heterocycles. The van der Waals surface area contributed by atoms with Gasteiger partial charge in [0, 0.05) is 39.3 Å². The van der Waals surface area contributed by atoms with Crippen molar-refractivity contribution in [2.75, 3.05) is 0 Å². The van der Waals surface area contributed by atoms with Crippen molar-refractivity contribution in [1.82, 2.24) is 14.5 Å². The summed E-state index contributed by atoms with van der Waals surface area (Å²) >= 11 is 0. The molecule has 0 aliphatic rings. The van der Waals surface area contributed by atoms with E-state index in [1.807, 2.05) is 24.4 Å². The van der Waals surface area contributed by atoms with Gasteiger partial charge in [-0.2, -0.15) is 0 Å². The summed E-state index contributed by atoms with van der Waals surface area (Å²) in [5, 5.41) is 13.9. The van der Waals surface area contributed by atoms with Crippen molar-refractivity contribution >= 4 is 21.9 Å². The van der Waals surface area contributed by atoms with Crippen LogP contribution in [-0.4, -0.2) is 19.6 Å². The number of nitrogens with zero attached hydrogens (tertiary/aromatic N) is 3. The molecule has 6 aromatic rings. The van der Waals surface area contributed by atoms with E-state index < -0.39 is 0 Å². The zero-order valence-electron chi connectivity index (χ0n) is 27.4. The van der Waals surface area contributed by atoms with Crippen LogP contribution in [0.3, 0.4) is 0 Å². The van der Waals surface area contributed by atoms with Gasteiger partial charge in [0.15, 0.2) is 0 Å². The lowest BCUT2D eigenvalue weighted by molar-refractivity contribution is 0.446. The Kier molecular flexibility index (Phi) is 6.96. The number of pyridine rings is 2. The van der Waals surface area contributed by atoms with Crippen molar-refractivity contribution in [2.45, 2.75) is 78.6 Å². The van der Waals surface area contributed by atoms with Crippen molar-refractivity contribution in [3.8, 4) is 34.0 Å². The minimum absolute atomic E-state index is 0.0113. The van der Waals surface area contributed by atoms with Gasteiger partial charge in [0.1, 0.15) is 11.4 Å². The molecule has 4 nitrogen and oxygen atoms in total. The first-order chi connectivity index (χ1) is 20.6. The summed E-state index contributed by atoms with van der Waals surface area (Å²) in [4.78, 5) is 9.95. The maximum atomic E-state index is 11.7. The Hall–Kier alpha value is -4.44. The number of rotatable bonds is 3. The number of aromatic nitrogens is 3. The molecule has 3 aromatic carbocycles. The molecule has 0 amide bonds. The largest absolute Gasteiger partial charge is 0.507 e. The molecule has 1 N–H and O–H groups in total. The molecule has 0 aliphatic carbocycles. The lowest BCUT2D eigenvalue weighted by atomic mass is 9.78. The Morgan fingerprint density at radius 1 is 0.614 bits per heavy atom. The summed E-state index contributed by atoms with van der Waals surface area (Å²) in [5.74, 6) is 0.298. The van der Waals surface area contributed by atoms with Crippen LogP contribution in [0.25, 0.3) is 50.1 Å². The van der Waals surface area contributed by atoms with Crippen LogP contribution in [-0.2, 0) is 16.2 Å². The van der Waals surface area contributed by atoms with E-state index in [9.17, 15) is 5.11 Å². The van der Waals surface area contributed by atoms with Crippen LogP contribution < -0.4 is 0 Å². The van der Waals surface area contributed by atoms with E-state index >= 15 is 0 Å². The van der Waals surface area contributed by atoms with Gasteiger partial charge in [0.25, 0.3) is 0 Å². The lowest BCUT2D eigenvalue weighted by Crippen LogP contribution is -2.17. The Balaban J connectivity index is 1.67. The van der Waals surface area contributed by atoms with Gasteiger partial charge in [-0.25, -0.2) is 4.98 Å². The molecule has 6 rings (SSSR count). The van der Waals surface area contributed by atoms with Crippen LogP contribution >= 0.6 is 0 Å². The minimum Gasteiger partial charge on any atom is -0.507 e. The van der Waals surface area contributed by atoms with E-state index in [2.05, 4.69) is 139 Å². The number of benzene rings is 3. The van der Waals surface area contributed by atoms with Crippen molar-refractivity contribution in [1.29, 1.82) is 0 Å². The molecule has 0 fully saturated rings. The van der Waals surface area contributed by atoms with Gasteiger partial charge in [-0.3, -0.25) is 9.55 Å². The Morgan fingerprint density at radius 2 is 1.36 bits per heavy atom. The second-order valence-corrected chi connectivity index (χ2v) is 15.1. The van der Waals surface area contributed by atoms with Gasteiger partial charge < -0.3 is 5.11 Å². The third-order valence-electron chi connectivity index (χ3n) is 8.61. The second-order valence-electron chi connectivity index (χ2n) is 15.1. The molecule has 0 saturated carbocycles. The molecule has 224 valence electrons. The fourth-order valence-electron chi connectivity index (χ4n) is 5.94. The SMILES string of the molecule is CC(C)(C)c1cc(-c2ccc3c4cc(C(C)(C)C)ccc4n(-c4cccc(-c5ccccn5)c4)c3n2)c(O)c(C(C)(C)C)c1. The Labute approximate surface area is 261 Å². The predicted molar refractivity (Wildman–Crippen MR) is 185 cm³/mol. The Morgan fingerprint density at radius 3 is 2.02 bits per heavy atom. The molecule has 3 heterocycles. The number of hydrogen-bond acceptors (Lipinski definition) is 3. The molecule has 0 bridgehead atoms. The van der Waals surface area contributed by atoms with Gasteiger partial charge in [-0.05, 0) is 82.0 Å². The standard InChI is InChI=1S/C40H43N3O/c1-38(2,3)26-16-19-35-30(22-26)29-17-18-34(31-23-27(39(4,5)6)24-32(36(31)44)40(7,8)9)42-37(29)43(35)28-14-12-13-25(21-28)33-15-10-11-20-41-33/h10-24,44H,1-9H3. The summed E-state index contributed by atoms with van der Waals surface area (Å²) < 4.78 is 2.25. The van der Waals surface area contributed by atoms with E-state index in [4.69, 9.17) is 4.98 Å². The monoisotopic (exact) mass is 581 g/mol. The smallest absolute Gasteiger partial charge is 0.146 e. The summed E-state index contributed by atoms with van der Waals surface area (Å²) in [5.41, 5.74) is 9.55. The van der Waals surface area contributed by atoms with Gasteiger partial charge in [0.2, 0.25) is 0 Å². The summed E-state index contributed by atoms with van der Waals surface area (Å²) in [6.07, 6.45) is 1.83. The number of phenolic OH excluding ortho intramolecular Hbond substituents is 1. The van der Waals surface area contributed by atoms with Crippen LogP contribution in [0, 0.1) is 0 Å². The molecule has 3 aromatic heterocycles. The maximum Gasteiger partial charge on any atom is 0.146 e. The quantitative estimate of drug-likeness (QED) is 0.226. The molecule has 0 unspecified atom stereocenters. The van der Waals surface area contributed by atoms with E-state index in [1.54, 1.807) is 0 Å². The zero-order chi connectivity index (χ0) is 31.6. The van der Waals surface area contributed by atoms with E-state index in [0.29, 0.717) is 5.75 Å². The lowest BCUT2D eigenvalue weighted by Gasteiger charge is -2.27. The maximum absolute atomic E-state index is 11.7. The fourth-order valence-corrected chi connectivity index (χ4v) is 5.94. The van der Waals surface area contributed by atoms with Crippen LogP contribution in [0.15, 0.2) is 91.1 Å². The van der Waals surface area contributed by atoms with Crippen molar-refractivity contribution in [3.63, 3.8) is 0 Å². The molecule has 0 atom stereocenters. The predicted octanol–water partition coefficient (Wildman–Crippen LogP) is 10.5. The number of fused-ring (bicyclic) bond motifs is 3. The molecule has 0 spiro atoms. The average molecular weight is 582 g/mol. The van der Waals surface area contributed by atoms with Crippen LogP contribution in [0.4, 0.5) is 0 Å². The fraction of sp³-hybridized carbons (Fsp3) is 0.300. The molecular weight excluding hydrogens is 538 g/mol. The molecule has 44 heavy (non-hydrogen) atoms. The third kappa shape index (κ3) is 5.27. The van der Waals surface area contributed by atoms with Crippen LogP contribution in [0.2, 0.25) is 0 Å². The second kappa shape index (κ2) is 10.3. The molecular formula is C40H43N3O. The summed E-state index contributed by atoms with van der Waals surface area (Å²) in [6, 6.07) is 29.8. The highest BCUT2D eigenvalue weighted by Gasteiger charge is 2.27. The molecule has 0 radical (unpaired) electrons. The number of aromatic hydroxyl groups is 1. The highest BCUT2D eigenvalue weighted by Crippen LogP contribution is 2.43. The summed E-state index contributed by atoms with van der Waals surface area (Å²) in [6.45, 7) is 19.8. The highest BCUT2D eigenvalue weighted by atomic mass is 16.3. The molecule has 4 heteroatoms. The van der Waals surface area contributed by atoms with Gasteiger partial charge in [0.05, 0.1) is 16.9 Å². The van der Waals surface area contributed by atoms with E-state index in [-0.39, 0.29) is 16.2 Å². The average Bonchev–Trinajstić information content (AvgIpc) is 3.29. The first-order valence-electron chi connectivity index (χ1n) is 15.5. The summed E-state index contributed by atoms with van der Waals surface area (Å²) in [7, 11) is 0. The topological polar surface area (TPSA) is 50.9 Å². The zero-order valence-corrected chi connectivity index (χ0v) is 27.4. The van der Waals surface area contributed by atoms with Crippen LogP contribution in [0.5, 0.6) is 5.75 Å². The van der Waals surface area contributed by atoms with Gasteiger partial charge >= 0.3 is 0 Å². The van der Waals surface area contributed by atoms with Crippen molar-refractivity contribution in [3.05, 3.63) is 108 Å². The molecule has 0 aliphatic heterocycles. The minimum atomic E-state index is -0.228. The van der Waals surface area contributed by atoms with Gasteiger partial charge in [-0.1, -0.05) is 92.6 Å². The van der Waals surface area contributed by atoms with Gasteiger partial charge in [-0.15, -0.1) is 0 Å². The van der Waals surface area contributed by atoms with E-state index in [0.717, 1.165) is 55.7 Å². The highest BCUT2D eigenvalue weighted by molar-refractivity contribution is 6.08.